The van der Waals surface area contributed by atoms with Gasteiger partial charge >= 0.3 is 0 Å². The van der Waals surface area contributed by atoms with Gasteiger partial charge in [-0.3, -0.25) is 4.79 Å². The molecule has 0 saturated heterocycles. The fourth-order valence-corrected chi connectivity index (χ4v) is 2.13. The van der Waals surface area contributed by atoms with E-state index in [4.69, 9.17) is 0 Å². The third kappa shape index (κ3) is 2.93. The molecule has 2 N–H and O–H groups in total. The smallest absolute Gasteiger partial charge is 0.228 e. The molecule has 1 aromatic carbocycles. The number of fused-ring (bicyclic) bond motifs is 1. The molecule has 1 unspecified atom stereocenters. The molecule has 2 rings (SSSR count). The molecule has 0 spiro atoms. The van der Waals surface area contributed by atoms with E-state index in [1.165, 1.54) is 0 Å². The zero-order valence-corrected chi connectivity index (χ0v) is 11.6. The fraction of sp³-hybridized carbons (Fsp3) is 0.429. The number of hydrogen-bond donors (Lipinski definition) is 2. The van der Waals surface area contributed by atoms with Crippen molar-refractivity contribution in [1.82, 2.24) is 14.9 Å². The number of rotatable bonds is 5. The lowest BCUT2D eigenvalue weighted by atomic mass is 10.1. The van der Waals surface area contributed by atoms with Crippen molar-refractivity contribution in [3.8, 4) is 0 Å². The summed E-state index contributed by atoms with van der Waals surface area (Å²) in [5, 5.41) is 5.99. The van der Waals surface area contributed by atoms with E-state index in [0.717, 1.165) is 23.1 Å². The summed E-state index contributed by atoms with van der Waals surface area (Å²) in [6.07, 6.45) is 2.59. The Balaban J connectivity index is 2.14. The second-order valence-electron chi connectivity index (χ2n) is 4.71. The number of imidazole rings is 1. The lowest BCUT2D eigenvalue weighted by Gasteiger charge is -2.14. The monoisotopic (exact) mass is 260 g/mol. The minimum atomic E-state index is -0.00979. The minimum absolute atomic E-state index is 0.00979. The molecule has 102 valence electrons. The summed E-state index contributed by atoms with van der Waals surface area (Å²) in [6, 6.07) is 5.78. The Hall–Kier alpha value is -1.88. The second kappa shape index (κ2) is 5.84. The first kappa shape index (κ1) is 13.5. The van der Waals surface area contributed by atoms with Gasteiger partial charge in [0.25, 0.3) is 0 Å². The van der Waals surface area contributed by atoms with Crippen LogP contribution in [-0.4, -0.2) is 29.1 Å². The zero-order valence-electron chi connectivity index (χ0n) is 11.6. The van der Waals surface area contributed by atoms with Crippen molar-refractivity contribution >= 4 is 22.6 Å². The van der Waals surface area contributed by atoms with Gasteiger partial charge < -0.3 is 15.2 Å². The lowest BCUT2D eigenvalue weighted by molar-refractivity contribution is -0.119. The maximum Gasteiger partial charge on any atom is 0.228 e. The van der Waals surface area contributed by atoms with Gasteiger partial charge in [-0.15, -0.1) is 0 Å². The van der Waals surface area contributed by atoms with Crippen molar-refractivity contribution in [2.75, 3.05) is 18.9 Å². The number of carbonyl (C=O) groups is 1. The van der Waals surface area contributed by atoms with E-state index in [0.29, 0.717) is 6.54 Å². The number of aryl methyl sites for hydroxylation is 1. The van der Waals surface area contributed by atoms with E-state index in [1.54, 1.807) is 6.33 Å². The summed E-state index contributed by atoms with van der Waals surface area (Å²) in [4.78, 5) is 16.4. The highest BCUT2D eigenvalue weighted by Crippen LogP contribution is 2.18. The molecular formula is C14H20N4O. The minimum Gasteiger partial charge on any atom is -0.334 e. The number of nitrogens with one attached hydrogen (secondary N) is 2. The van der Waals surface area contributed by atoms with E-state index in [-0.39, 0.29) is 11.8 Å². The normalized spacial score (nSPS) is 12.6. The number of amides is 1. The predicted octanol–water partition coefficient (Wildman–Crippen LogP) is 1.76. The quantitative estimate of drug-likeness (QED) is 0.861. The van der Waals surface area contributed by atoms with Crippen LogP contribution in [0.2, 0.25) is 0 Å². The number of hydrogen-bond acceptors (Lipinski definition) is 3. The van der Waals surface area contributed by atoms with Gasteiger partial charge in [0.15, 0.2) is 0 Å². The molecule has 0 fully saturated rings. The summed E-state index contributed by atoms with van der Waals surface area (Å²) in [5.41, 5.74) is 2.74. The van der Waals surface area contributed by atoms with Gasteiger partial charge in [-0.2, -0.15) is 0 Å². The van der Waals surface area contributed by atoms with Crippen molar-refractivity contribution < 1.29 is 4.79 Å². The Bertz CT molecular complexity index is 576. The summed E-state index contributed by atoms with van der Waals surface area (Å²) >= 11 is 0. The number of nitrogens with zero attached hydrogens (tertiary/aromatic N) is 2. The average Bonchev–Trinajstić information content (AvgIpc) is 2.77. The Morgan fingerprint density at radius 2 is 2.26 bits per heavy atom. The van der Waals surface area contributed by atoms with Gasteiger partial charge in [-0.05, 0) is 31.7 Å². The molecule has 5 nitrogen and oxygen atoms in total. The average molecular weight is 260 g/mol. The number of carbonyl (C=O) groups excluding carboxylic acids is 1. The molecule has 1 atom stereocenters. The number of anilines is 1. The molecule has 0 radical (unpaired) electrons. The first-order valence-electron chi connectivity index (χ1n) is 6.52. The molecule has 0 aliphatic heterocycles. The van der Waals surface area contributed by atoms with Gasteiger partial charge in [0.05, 0.1) is 23.3 Å². The van der Waals surface area contributed by atoms with Crippen LogP contribution in [0, 0.1) is 5.92 Å². The number of benzene rings is 1. The van der Waals surface area contributed by atoms with Crippen LogP contribution in [0.5, 0.6) is 0 Å². The maximum absolute atomic E-state index is 12.1. The Morgan fingerprint density at radius 1 is 1.47 bits per heavy atom. The fourth-order valence-electron chi connectivity index (χ4n) is 2.13. The van der Waals surface area contributed by atoms with Crippen molar-refractivity contribution in [2.45, 2.75) is 13.3 Å². The second-order valence-corrected chi connectivity index (χ2v) is 4.71. The molecule has 0 aliphatic rings. The molecule has 0 saturated carbocycles. The molecule has 2 aromatic rings. The van der Waals surface area contributed by atoms with Crippen LogP contribution >= 0.6 is 0 Å². The molecule has 5 heteroatoms. The molecule has 1 amide bonds. The first-order valence-corrected chi connectivity index (χ1v) is 6.52. The van der Waals surface area contributed by atoms with Gasteiger partial charge in [0, 0.05) is 19.3 Å². The van der Waals surface area contributed by atoms with E-state index in [9.17, 15) is 4.79 Å². The van der Waals surface area contributed by atoms with Crippen LogP contribution in [0.15, 0.2) is 24.5 Å². The molecule has 1 heterocycles. The summed E-state index contributed by atoms with van der Waals surface area (Å²) in [5.74, 6) is 0.0385. The highest BCUT2D eigenvalue weighted by Gasteiger charge is 2.15. The summed E-state index contributed by atoms with van der Waals surface area (Å²) in [6.45, 7) is 2.71. The highest BCUT2D eigenvalue weighted by atomic mass is 16.1. The number of aromatic nitrogens is 2. The van der Waals surface area contributed by atoms with Gasteiger partial charge in [0.2, 0.25) is 5.91 Å². The molecule has 0 aliphatic carbocycles. The first-order chi connectivity index (χ1) is 9.15. The van der Waals surface area contributed by atoms with Crippen molar-refractivity contribution in [1.29, 1.82) is 0 Å². The Kier molecular flexibility index (Phi) is 4.16. The molecular weight excluding hydrogens is 240 g/mol. The van der Waals surface area contributed by atoms with E-state index < -0.39 is 0 Å². The topological polar surface area (TPSA) is 59.0 Å². The van der Waals surface area contributed by atoms with Gasteiger partial charge in [-0.25, -0.2) is 4.98 Å². The molecule has 19 heavy (non-hydrogen) atoms. The molecule has 0 bridgehead atoms. The lowest BCUT2D eigenvalue weighted by Crippen LogP contribution is -2.30. The van der Waals surface area contributed by atoms with Crippen molar-refractivity contribution in [2.24, 2.45) is 13.0 Å². The van der Waals surface area contributed by atoms with E-state index in [2.05, 4.69) is 15.6 Å². The SMILES string of the molecule is CCC(CNC)C(=O)Nc1ccc2c(c1)ncn2C. The predicted molar refractivity (Wildman–Crippen MR) is 77.1 cm³/mol. The van der Waals surface area contributed by atoms with E-state index >= 15 is 0 Å². The Morgan fingerprint density at radius 3 is 2.95 bits per heavy atom. The van der Waals surface area contributed by atoms with Crippen LogP contribution < -0.4 is 10.6 Å². The third-order valence-corrected chi connectivity index (χ3v) is 3.31. The van der Waals surface area contributed by atoms with E-state index in [1.807, 2.05) is 43.8 Å². The van der Waals surface area contributed by atoms with Gasteiger partial charge in [0.1, 0.15) is 0 Å². The Labute approximate surface area is 113 Å². The third-order valence-electron chi connectivity index (χ3n) is 3.31. The summed E-state index contributed by atoms with van der Waals surface area (Å²) in [7, 11) is 3.81. The standard InChI is InChI=1S/C14H20N4O/c1-4-10(8-15-2)14(19)17-11-5-6-13-12(7-11)16-9-18(13)3/h5-7,9-10,15H,4,8H2,1-3H3,(H,17,19). The zero-order chi connectivity index (χ0) is 13.8. The van der Waals surface area contributed by atoms with Crippen molar-refractivity contribution in [3.05, 3.63) is 24.5 Å². The van der Waals surface area contributed by atoms with Crippen LogP contribution in [0.1, 0.15) is 13.3 Å². The maximum atomic E-state index is 12.1. The van der Waals surface area contributed by atoms with Crippen LogP contribution in [-0.2, 0) is 11.8 Å². The molecule has 1 aromatic heterocycles. The van der Waals surface area contributed by atoms with Crippen LogP contribution in [0.4, 0.5) is 5.69 Å². The van der Waals surface area contributed by atoms with Crippen LogP contribution in [0.25, 0.3) is 11.0 Å². The van der Waals surface area contributed by atoms with Crippen molar-refractivity contribution in [3.63, 3.8) is 0 Å². The van der Waals surface area contributed by atoms with Crippen LogP contribution in [0.3, 0.4) is 0 Å². The largest absolute Gasteiger partial charge is 0.334 e. The summed E-state index contributed by atoms with van der Waals surface area (Å²) < 4.78 is 1.96. The van der Waals surface area contributed by atoms with Gasteiger partial charge in [-0.1, -0.05) is 6.92 Å². The highest BCUT2D eigenvalue weighted by molar-refractivity contribution is 5.94.